The Morgan fingerprint density at radius 1 is 0.800 bits per heavy atom. The molecule has 0 spiro atoms. The molecule has 0 bridgehead atoms. The van der Waals surface area contributed by atoms with Crippen molar-refractivity contribution < 1.29 is 18.4 Å². The van der Waals surface area contributed by atoms with Crippen molar-refractivity contribution in [1.29, 1.82) is 0 Å². The van der Waals surface area contributed by atoms with Crippen LogP contribution in [-0.2, 0) is 12.8 Å². The van der Waals surface area contributed by atoms with E-state index in [1.165, 1.54) is 18.1 Å². The van der Waals surface area contributed by atoms with E-state index in [1.807, 2.05) is 42.6 Å². The Balaban J connectivity index is 1.38. The smallest absolute Gasteiger partial charge is 0.291 e. The molecule has 6 nitrogen and oxygen atoms in total. The minimum Gasteiger partial charge on any atom is -0.461 e. The van der Waals surface area contributed by atoms with Crippen molar-refractivity contribution in [3.8, 4) is 0 Å². The number of rotatable bonds is 12. The summed E-state index contributed by atoms with van der Waals surface area (Å²) in [6, 6.07) is 22.8. The summed E-state index contributed by atoms with van der Waals surface area (Å²) < 4.78 is 10.4. The van der Waals surface area contributed by atoms with E-state index in [-0.39, 0.29) is 17.5 Å². The number of hydrogen-bond acceptors (Lipinski definition) is 5. The number of hydrogen-bond donors (Lipinski definition) is 1. The van der Waals surface area contributed by atoms with Gasteiger partial charge in [0.1, 0.15) is 0 Å². The minimum absolute atomic E-state index is 0.0154. The molecule has 0 fully saturated rings. The standard InChI is InChI=1S/C29H28N2O4/c32-26(27-14-7-19-34-27)13-5-4-11-23-16-17-24(30-18-6-12-22-9-2-1-3-10-22)25(21-23)31-29(33)28-15-8-20-35-28/h1-3,7-10,14-21H,4-6,11-13H2,(H,31,33)/b30-18+. The molecule has 1 amide bonds. The fourth-order valence-corrected chi connectivity index (χ4v) is 3.76. The molecule has 2 aromatic heterocycles. The number of aryl methyl sites for hydroxylation is 2. The number of unbranched alkanes of at least 4 members (excludes halogenated alkanes) is 1. The number of ketones is 1. The largest absolute Gasteiger partial charge is 0.461 e. The number of carbonyl (C=O) groups excluding carboxylic acids is 2. The molecule has 178 valence electrons. The van der Waals surface area contributed by atoms with E-state index >= 15 is 0 Å². The van der Waals surface area contributed by atoms with Crippen molar-refractivity contribution >= 4 is 29.3 Å². The van der Waals surface area contributed by atoms with Crippen LogP contribution in [0.5, 0.6) is 0 Å². The second kappa shape index (κ2) is 12.3. The first-order valence-electron chi connectivity index (χ1n) is 11.8. The van der Waals surface area contributed by atoms with Crippen molar-refractivity contribution in [2.45, 2.75) is 38.5 Å². The van der Waals surface area contributed by atoms with E-state index in [0.29, 0.717) is 23.6 Å². The normalized spacial score (nSPS) is 11.1. The van der Waals surface area contributed by atoms with Gasteiger partial charge in [0.05, 0.1) is 23.9 Å². The zero-order valence-electron chi connectivity index (χ0n) is 19.5. The van der Waals surface area contributed by atoms with Crippen molar-refractivity contribution in [2.75, 3.05) is 5.32 Å². The highest BCUT2D eigenvalue weighted by Crippen LogP contribution is 2.28. The van der Waals surface area contributed by atoms with Crippen LogP contribution in [0.4, 0.5) is 11.4 Å². The van der Waals surface area contributed by atoms with E-state index < -0.39 is 0 Å². The molecule has 35 heavy (non-hydrogen) atoms. The average Bonchev–Trinajstić information content (AvgIpc) is 3.61. The summed E-state index contributed by atoms with van der Waals surface area (Å²) in [5.41, 5.74) is 3.64. The second-order valence-electron chi connectivity index (χ2n) is 8.23. The second-order valence-corrected chi connectivity index (χ2v) is 8.23. The molecule has 0 unspecified atom stereocenters. The highest BCUT2D eigenvalue weighted by molar-refractivity contribution is 6.04. The summed E-state index contributed by atoms with van der Waals surface area (Å²) in [6.45, 7) is 0. The predicted molar refractivity (Wildman–Crippen MR) is 137 cm³/mol. The van der Waals surface area contributed by atoms with Gasteiger partial charge < -0.3 is 14.2 Å². The molecule has 0 saturated carbocycles. The number of amides is 1. The van der Waals surface area contributed by atoms with Gasteiger partial charge in [-0.2, -0.15) is 0 Å². The molecule has 0 aliphatic carbocycles. The number of aliphatic imine (C=N–C) groups is 1. The van der Waals surface area contributed by atoms with E-state index in [9.17, 15) is 9.59 Å². The zero-order valence-corrected chi connectivity index (χ0v) is 19.5. The highest BCUT2D eigenvalue weighted by Gasteiger charge is 2.13. The molecule has 0 atom stereocenters. The molecule has 6 heteroatoms. The van der Waals surface area contributed by atoms with E-state index in [2.05, 4.69) is 22.4 Å². The zero-order chi connectivity index (χ0) is 24.3. The Morgan fingerprint density at radius 3 is 2.31 bits per heavy atom. The lowest BCUT2D eigenvalue weighted by atomic mass is 10.0. The van der Waals surface area contributed by atoms with Gasteiger partial charge in [-0.1, -0.05) is 36.4 Å². The van der Waals surface area contributed by atoms with Crippen LogP contribution >= 0.6 is 0 Å². The van der Waals surface area contributed by atoms with Crippen LogP contribution in [0.2, 0.25) is 0 Å². The summed E-state index contributed by atoms with van der Waals surface area (Å²) in [4.78, 5) is 29.3. The number of furan rings is 2. The quantitative estimate of drug-likeness (QED) is 0.137. The van der Waals surface area contributed by atoms with E-state index in [4.69, 9.17) is 8.83 Å². The summed E-state index contributed by atoms with van der Waals surface area (Å²) in [5.74, 6) is 0.340. The molecule has 0 aliphatic heterocycles. The van der Waals surface area contributed by atoms with Gasteiger partial charge in [0.15, 0.2) is 17.3 Å². The molecular formula is C29H28N2O4. The highest BCUT2D eigenvalue weighted by atomic mass is 16.3. The number of nitrogens with zero attached hydrogens (tertiary/aromatic N) is 1. The van der Waals surface area contributed by atoms with E-state index in [0.717, 1.165) is 37.7 Å². The maximum atomic E-state index is 12.6. The predicted octanol–water partition coefficient (Wildman–Crippen LogP) is 7.06. The van der Waals surface area contributed by atoms with E-state index in [1.54, 1.807) is 24.3 Å². The first-order chi connectivity index (χ1) is 17.2. The third-order valence-corrected chi connectivity index (χ3v) is 5.60. The molecule has 0 aliphatic rings. The number of nitrogens with one attached hydrogen (secondary N) is 1. The number of Topliss-reactive ketones (excluding diaryl/α,β-unsaturated/α-hetero) is 1. The minimum atomic E-state index is -0.322. The first-order valence-corrected chi connectivity index (χ1v) is 11.8. The third-order valence-electron chi connectivity index (χ3n) is 5.60. The van der Waals surface area contributed by atoms with Crippen molar-refractivity contribution in [3.63, 3.8) is 0 Å². The maximum Gasteiger partial charge on any atom is 0.291 e. The van der Waals surface area contributed by atoms with Gasteiger partial charge in [-0.3, -0.25) is 14.6 Å². The first kappa shape index (κ1) is 24.0. The lowest BCUT2D eigenvalue weighted by Gasteiger charge is -2.10. The van der Waals surface area contributed by atoms with Crippen LogP contribution in [0.15, 0.2) is 99.1 Å². The van der Waals surface area contributed by atoms with Crippen molar-refractivity contribution in [2.24, 2.45) is 4.99 Å². The van der Waals surface area contributed by atoms with Crippen LogP contribution in [0.1, 0.15) is 57.9 Å². The molecule has 0 saturated heterocycles. The van der Waals surface area contributed by atoms with Gasteiger partial charge in [0.2, 0.25) is 0 Å². The molecule has 4 aromatic rings. The van der Waals surface area contributed by atoms with Crippen molar-refractivity contribution in [3.05, 3.63) is 108 Å². The van der Waals surface area contributed by atoms with Crippen LogP contribution in [0, 0.1) is 0 Å². The lowest BCUT2D eigenvalue weighted by Crippen LogP contribution is -2.11. The van der Waals surface area contributed by atoms with Gasteiger partial charge in [0.25, 0.3) is 5.91 Å². The number of anilines is 1. The van der Waals surface area contributed by atoms with Crippen LogP contribution in [0.25, 0.3) is 0 Å². The fraction of sp³-hybridized carbons (Fsp3) is 0.207. The lowest BCUT2D eigenvalue weighted by molar-refractivity contribution is 0.0951. The average molecular weight is 469 g/mol. The molecule has 2 heterocycles. The molecule has 2 aromatic carbocycles. The van der Waals surface area contributed by atoms with Gasteiger partial charge in [-0.25, -0.2) is 0 Å². The topological polar surface area (TPSA) is 84.8 Å². The van der Waals surface area contributed by atoms with Gasteiger partial charge in [-0.05, 0) is 79.6 Å². The number of benzene rings is 2. The summed E-state index contributed by atoms with van der Waals surface area (Å²) in [6.07, 6.45) is 9.38. The Kier molecular flexibility index (Phi) is 8.43. The fourth-order valence-electron chi connectivity index (χ4n) is 3.76. The molecule has 1 N–H and O–H groups in total. The summed E-state index contributed by atoms with van der Waals surface area (Å²) >= 11 is 0. The molecule has 0 radical (unpaired) electrons. The third kappa shape index (κ3) is 7.14. The summed E-state index contributed by atoms with van der Waals surface area (Å²) in [5, 5.41) is 2.93. The SMILES string of the molecule is O=C(CCCCc1ccc(/N=C/CCc2ccccc2)c(NC(=O)c2ccco2)c1)c1ccco1. The molecule has 4 rings (SSSR count). The maximum absolute atomic E-state index is 12.6. The Labute approximate surface area is 204 Å². The Bertz CT molecular complexity index is 1240. The molecular weight excluding hydrogens is 440 g/mol. The summed E-state index contributed by atoms with van der Waals surface area (Å²) in [7, 11) is 0. The van der Waals surface area contributed by atoms with Gasteiger partial charge in [-0.15, -0.1) is 0 Å². The van der Waals surface area contributed by atoms with Crippen molar-refractivity contribution in [1.82, 2.24) is 0 Å². The van der Waals surface area contributed by atoms with Gasteiger partial charge in [0, 0.05) is 12.6 Å². The Hall–Kier alpha value is -4.19. The Morgan fingerprint density at radius 2 is 1.57 bits per heavy atom. The number of carbonyl (C=O) groups is 2. The van der Waals surface area contributed by atoms with Crippen LogP contribution in [-0.4, -0.2) is 17.9 Å². The van der Waals surface area contributed by atoms with Crippen LogP contribution < -0.4 is 5.32 Å². The monoisotopic (exact) mass is 468 g/mol. The van der Waals surface area contributed by atoms with Crippen LogP contribution in [0.3, 0.4) is 0 Å². The van der Waals surface area contributed by atoms with Gasteiger partial charge >= 0.3 is 0 Å².